The average Bonchev–Trinajstić information content (AvgIpc) is 3.06. The van der Waals surface area contributed by atoms with E-state index in [1.807, 2.05) is 73.7 Å². The first-order chi connectivity index (χ1) is 15.5. The van der Waals surface area contributed by atoms with E-state index < -0.39 is 0 Å². The number of carbonyl (C=O) groups is 2. The molecule has 0 saturated carbocycles. The van der Waals surface area contributed by atoms with Crippen molar-refractivity contribution in [3.63, 3.8) is 0 Å². The van der Waals surface area contributed by atoms with Gasteiger partial charge in [0, 0.05) is 5.56 Å². The molecule has 1 aliphatic rings. The maximum atomic E-state index is 13.0. The Morgan fingerprint density at radius 1 is 0.938 bits per heavy atom. The lowest BCUT2D eigenvalue weighted by Crippen LogP contribution is -2.27. The largest absolute Gasteiger partial charge is 0.493 e. The van der Waals surface area contributed by atoms with E-state index in [-0.39, 0.29) is 17.7 Å². The van der Waals surface area contributed by atoms with E-state index in [9.17, 15) is 9.59 Å². The molecule has 0 unspecified atom stereocenters. The van der Waals surface area contributed by atoms with Crippen LogP contribution in [-0.2, 0) is 17.9 Å². The van der Waals surface area contributed by atoms with Gasteiger partial charge in [-0.3, -0.25) is 14.5 Å². The zero-order valence-electron chi connectivity index (χ0n) is 17.9. The summed E-state index contributed by atoms with van der Waals surface area (Å²) in [4.78, 5) is 27.2. The molecule has 0 aromatic heterocycles. The van der Waals surface area contributed by atoms with Crippen molar-refractivity contribution in [3.05, 3.63) is 100.0 Å². The number of methoxy groups -OCH3 is 1. The molecule has 1 heterocycles. The predicted octanol–water partition coefficient (Wildman–Crippen LogP) is 5.82. The third-order valence-corrected chi connectivity index (χ3v) is 5.95. The van der Waals surface area contributed by atoms with E-state index in [4.69, 9.17) is 9.47 Å². The summed E-state index contributed by atoms with van der Waals surface area (Å²) in [5.41, 5.74) is 3.70. The summed E-state index contributed by atoms with van der Waals surface area (Å²) in [7, 11) is 1.57. The molecule has 1 fully saturated rings. The third kappa shape index (κ3) is 4.86. The van der Waals surface area contributed by atoms with Gasteiger partial charge in [0.05, 0.1) is 18.6 Å². The Morgan fingerprint density at radius 3 is 2.44 bits per heavy atom. The number of hydrogen-bond acceptors (Lipinski definition) is 5. The number of ether oxygens (including phenoxy) is 2. The second-order valence-electron chi connectivity index (χ2n) is 7.41. The summed E-state index contributed by atoms with van der Waals surface area (Å²) in [6, 6.07) is 23.1. The molecule has 162 valence electrons. The maximum absolute atomic E-state index is 13.0. The summed E-state index contributed by atoms with van der Waals surface area (Å²) in [6.07, 6.45) is 1.70. The summed E-state index contributed by atoms with van der Waals surface area (Å²) >= 11 is 0.939. The number of carbonyl (C=O) groups excluding carboxylic acids is 2. The Balaban J connectivity index is 1.59. The summed E-state index contributed by atoms with van der Waals surface area (Å²) in [6.45, 7) is 2.59. The summed E-state index contributed by atoms with van der Waals surface area (Å²) in [5.74, 6) is 0.788. The number of imide groups is 1. The van der Waals surface area contributed by atoms with Gasteiger partial charge in [-0.1, -0.05) is 72.3 Å². The lowest BCUT2D eigenvalue weighted by molar-refractivity contribution is -0.123. The molecule has 0 bridgehead atoms. The molecule has 0 aliphatic carbocycles. The van der Waals surface area contributed by atoms with Gasteiger partial charge in [-0.25, -0.2) is 0 Å². The predicted molar refractivity (Wildman–Crippen MR) is 126 cm³/mol. The van der Waals surface area contributed by atoms with Crippen LogP contribution in [0.4, 0.5) is 4.79 Å². The molecular formula is C26H23NO4S. The van der Waals surface area contributed by atoms with Crippen LogP contribution in [0.25, 0.3) is 6.08 Å². The quantitative estimate of drug-likeness (QED) is 0.429. The Bertz CT molecular complexity index is 1170. The molecule has 0 radical (unpaired) electrons. The fourth-order valence-electron chi connectivity index (χ4n) is 3.46. The molecule has 2 amide bonds. The minimum Gasteiger partial charge on any atom is -0.493 e. The molecule has 0 spiro atoms. The summed E-state index contributed by atoms with van der Waals surface area (Å²) in [5, 5.41) is -0.280. The van der Waals surface area contributed by atoms with Crippen LogP contribution in [0.5, 0.6) is 11.5 Å². The maximum Gasteiger partial charge on any atom is 0.293 e. The van der Waals surface area contributed by atoms with Gasteiger partial charge in [0.2, 0.25) is 0 Å². The number of thioether (sulfide) groups is 1. The van der Waals surface area contributed by atoms with Crippen LogP contribution in [0.3, 0.4) is 0 Å². The molecule has 1 aliphatic heterocycles. The van der Waals surface area contributed by atoms with E-state index in [1.54, 1.807) is 19.3 Å². The van der Waals surface area contributed by atoms with Gasteiger partial charge in [-0.05, 0) is 42.0 Å². The van der Waals surface area contributed by atoms with E-state index in [2.05, 4.69) is 0 Å². The fourth-order valence-corrected chi connectivity index (χ4v) is 4.29. The number of nitrogens with zero attached hydrogens (tertiary/aromatic N) is 1. The smallest absolute Gasteiger partial charge is 0.293 e. The van der Waals surface area contributed by atoms with E-state index in [0.29, 0.717) is 28.6 Å². The van der Waals surface area contributed by atoms with Gasteiger partial charge in [0.15, 0.2) is 11.5 Å². The van der Waals surface area contributed by atoms with Crippen molar-refractivity contribution in [1.29, 1.82) is 0 Å². The highest BCUT2D eigenvalue weighted by Gasteiger charge is 2.35. The van der Waals surface area contributed by atoms with E-state index in [0.717, 1.165) is 28.5 Å². The monoisotopic (exact) mass is 445 g/mol. The highest BCUT2D eigenvalue weighted by Crippen LogP contribution is 2.38. The van der Waals surface area contributed by atoms with E-state index >= 15 is 0 Å². The Kier molecular flexibility index (Phi) is 6.61. The van der Waals surface area contributed by atoms with Crippen molar-refractivity contribution in [2.45, 2.75) is 20.1 Å². The van der Waals surface area contributed by atoms with Crippen molar-refractivity contribution in [2.75, 3.05) is 7.11 Å². The molecule has 3 aromatic carbocycles. The topological polar surface area (TPSA) is 55.8 Å². The number of benzene rings is 3. The molecule has 3 aromatic rings. The molecule has 5 nitrogen and oxygen atoms in total. The Hall–Kier alpha value is -3.51. The number of hydrogen-bond donors (Lipinski definition) is 0. The van der Waals surface area contributed by atoms with Crippen molar-refractivity contribution >= 4 is 29.0 Å². The van der Waals surface area contributed by atoms with Crippen LogP contribution in [0.15, 0.2) is 77.7 Å². The van der Waals surface area contributed by atoms with E-state index in [1.165, 1.54) is 4.90 Å². The summed E-state index contributed by atoms with van der Waals surface area (Å²) < 4.78 is 11.5. The van der Waals surface area contributed by atoms with Crippen LogP contribution in [0, 0.1) is 6.92 Å². The van der Waals surface area contributed by atoms with Gasteiger partial charge in [0.1, 0.15) is 6.61 Å². The number of rotatable bonds is 7. The first kappa shape index (κ1) is 21.7. The molecule has 0 N–H and O–H groups in total. The van der Waals surface area contributed by atoms with Crippen LogP contribution >= 0.6 is 11.8 Å². The molecule has 0 atom stereocenters. The lowest BCUT2D eigenvalue weighted by atomic mass is 10.1. The van der Waals surface area contributed by atoms with Crippen molar-refractivity contribution in [3.8, 4) is 11.5 Å². The normalized spacial score (nSPS) is 14.8. The van der Waals surface area contributed by atoms with Crippen LogP contribution in [-0.4, -0.2) is 23.2 Å². The van der Waals surface area contributed by atoms with Crippen molar-refractivity contribution < 1.29 is 19.1 Å². The molecule has 6 heteroatoms. The molecule has 1 saturated heterocycles. The molecule has 4 rings (SSSR count). The van der Waals surface area contributed by atoms with Gasteiger partial charge < -0.3 is 9.47 Å². The minimum absolute atomic E-state index is 0.249. The standard InChI is InChI=1S/C26H23NO4S/c1-18-8-6-11-20(14-18)16-27-25(28)23(32-26(27)29)15-21-12-7-13-22(30-2)24(21)31-17-19-9-4-3-5-10-19/h3-15H,16-17H2,1-2H3/b23-15-. The third-order valence-electron chi connectivity index (χ3n) is 5.04. The first-order valence-electron chi connectivity index (χ1n) is 10.2. The second kappa shape index (κ2) is 9.75. The van der Waals surface area contributed by atoms with Gasteiger partial charge >= 0.3 is 0 Å². The number of para-hydroxylation sites is 1. The van der Waals surface area contributed by atoms with Gasteiger partial charge in [-0.15, -0.1) is 0 Å². The molecular weight excluding hydrogens is 422 g/mol. The van der Waals surface area contributed by atoms with Crippen molar-refractivity contribution in [1.82, 2.24) is 4.90 Å². The van der Waals surface area contributed by atoms with Crippen LogP contribution in [0.1, 0.15) is 22.3 Å². The zero-order chi connectivity index (χ0) is 22.5. The fraction of sp³-hybridized carbons (Fsp3) is 0.154. The average molecular weight is 446 g/mol. The highest BCUT2D eigenvalue weighted by atomic mass is 32.2. The minimum atomic E-state index is -0.307. The Labute approximate surface area is 191 Å². The number of aryl methyl sites for hydroxylation is 1. The zero-order valence-corrected chi connectivity index (χ0v) is 18.7. The van der Waals surface area contributed by atoms with Gasteiger partial charge in [0.25, 0.3) is 11.1 Å². The van der Waals surface area contributed by atoms with Crippen LogP contribution in [0.2, 0.25) is 0 Å². The Morgan fingerprint density at radius 2 is 1.69 bits per heavy atom. The van der Waals surface area contributed by atoms with Crippen molar-refractivity contribution in [2.24, 2.45) is 0 Å². The highest BCUT2D eigenvalue weighted by molar-refractivity contribution is 8.18. The van der Waals surface area contributed by atoms with Crippen LogP contribution < -0.4 is 9.47 Å². The second-order valence-corrected chi connectivity index (χ2v) is 8.40. The number of amides is 2. The lowest BCUT2D eigenvalue weighted by Gasteiger charge is -2.14. The van der Waals surface area contributed by atoms with Gasteiger partial charge in [-0.2, -0.15) is 0 Å². The first-order valence-corrected chi connectivity index (χ1v) is 11.0. The molecule has 32 heavy (non-hydrogen) atoms. The SMILES string of the molecule is COc1cccc(/C=C2\SC(=O)N(Cc3cccc(C)c3)C2=O)c1OCc1ccccc1.